The van der Waals surface area contributed by atoms with Crippen molar-refractivity contribution in [2.45, 2.75) is 24.0 Å². The van der Waals surface area contributed by atoms with E-state index >= 15 is 0 Å². The van der Waals surface area contributed by atoms with Gasteiger partial charge in [-0.3, -0.25) is 9.52 Å². The lowest BCUT2D eigenvalue weighted by Crippen LogP contribution is -2.32. The number of amides is 1. The minimum absolute atomic E-state index is 0.0980. The van der Waals surface area contributed by atoms with Crippen molar-refractivity contribution in [2.75, 3.05) is 16.2 Å². The van der Waals surface area contributed by atoms with Crippen LogP contribution < -0.4 is 20.1 Å². The van der Waals surface area contributed by atoms with Gasteiger partial charge < -0.3 is 15.4 Å². The molecule has 0 saturated carbocycles. The molecular formula is C20H20N4O4S2. The molecule has 30 heavy (non-hydrogen) atoms. The van der Waals surface area contributed by atoms with Crippen LogP contribution in [0.3, 0.4) is 0 Å². The number of rotatable bonds is 7. The molecule has 10 heteroatoms. The van der Waals surface area contributed by atoms with Gasteiger partial charge in [0.15, 0.2) is 11.2 Å². The number of benzene rings is 2. The molecular weight excluding hydrogens is 424 g/mol. The smallest absolute Gasteiger partial charge is 0.268 e. The molecule has 156 valence electrons. The Hall–Kier alpha value is -2.95. The van der Waals surface area contributed by atoms with Gasteiger partial charge in [-0.05, 0) is 42.0 Å². The minimum Gasteiger partial charge on any atom is -0.481 e. The molecule has 2 aromatic carbocycles. The highest BCUT2D eigenvalue weighted by molar-refractivity contribution is 7.93. The lowest BCUT2D eigenvalue weighted by Gasteiger charge is -2.18. The Morgan fingerprint density at radius 3 is 2.53 bits per heavy atom. The maximum Gasteiger partial charge on any atom is 0.268 e. The number of ether oxygens (including phenoxy) is 1. The number of carbonyl (C=O) groups excluding carboxylic acids is 1. The Bertz CT molecular complexity index is 1110. The van der Waals surface area contributed by atoms with Gasteiger partial charge in [-0.25, -0.2) is 13.4 Å². The highest BCUT2D eigenvalue weighted by atomic mass is 32.2. The lowest BCUT2D eigenvalue weighted by atomic mass is 10.2. The molecule has 8 nitrogen and oxygen atoms in total. The number of aromatic nitrogens is 1. The average molecular weight is 445 g/mol. The van der Waals surface area contributed by atoms with Crippen LogP contribution in [-0.4, -0.2) is 32.0 Å². The summed E-state index contributed by atoms with van der Waals surface area (Å²) in [6.07, 6.45) is 1.49. The molecule has 4 rings (SSSR count). The average Bonchev–Trinajstić information content (AvgIpc) is 3.38. The third-order valence-corrected chi connectivity index (χ3v) is 6.88. The van der Waals surface area contributed by atoms with E-state index in [1.54, 1.807) is 34.5 Å². The summed E-state index contributed by atoms with van der Waals surface area (Å²) in [4.78, 5) is 18.4. The number of anilines is 2. The van der Waals surface area contributed by atoms with Crippen molar-refractivity contribution >= 4 is 38.1 Å². The molecule has 1 amide bonds. The molecule has 3 N–H and O–H groups in total. The van der Waals surface area contributed by atoms with E-state index in [9.17, 15) is 13.2 Å². The molecule has 1 aromatic heterocycles. The summed E-state index contributed by atoms with van der Waals surface area (Å²) in [5.74, 6) is 0.455. The van der Waals surface area contributed by atoms with Crippen LogP contribution in [-0.2, 0) is 21.4 Å². The summed E-state index contributed by atoms with van der Waals surface area (Å²) >= 11 is 1.20. The molecule has 0 spiro atoms. The van der Waals surface area contributed by atoms with E-state index in [0.29, 0.717) is 36.1 Å². The van der Waals surface area contributed by atoms with Gasteiger partial charge in [-0.15, -0.1) is 11.3 Å². The number of nitrogens with one attached hydrogen (secondary N) is 1. The van der Waals surface area contributed by atoms with Gasteiger partial charge in [0, 0.05) is 36.8 Å². The Kier molecular flexibility index (Phi) is 5.71. The quantitative estimate of drug-likeness (QED) is 0.579. The second kappa shape index (κ2) is 8.42. The third-order valence-electron chi connectivity index (χ3n) is 4.71. The number of nitrogens with two attached hydrogens (primary N) is 1. The van der Waals surface area contributed by atoms with Crippen molar-refractivity contribution in [3.63, 3.8) is 0 Å². The normalized spacial score (nSPS) is 16.6. The molecule has 1 atom stereocenters. The van der Waals surface area contributed by atoms with E-state index in [2.05, 4.69) is 9.71 Å². The molecule has 1 saturated heterocycles. The van der Waals surface area contributed by atoms with Gasteiger partial charge in [-0.1, -0.05) is 12.1 Å². The first kappa shape index (κ1) is 20.3. The Labute approximate surface area is 178 Å². The van der Waals surface area contributed by atoms with Crippen LogP contribution in [0.15, 0.2) is 65.0 Å². The number of hydrogen-bond donors (Lipinski definition) is 2. The summed E-state index contributed by atoms with van der Waals surface area (Å²) in [5, 5.41) is 1.98. The fourth-order valence-electron chi connectivity index (χ4n) is 3.14. The van der Waals surface area contributed by atoms with E-state index in [1.165, 1.54) is 29.7 Å². The standard InChI is InChI=1S/C20H20N4O4S2/c21-13-14-1-5-16(6-2-14)28-18-9-11-24(19(18)25)15-3-7-17(8-4-15)30(26,27)23-20-22-10-12-29-20/h1-8,10,12,18H,9,11,13,21H2,(H,22,23). The Morgan fingerprint density at radius 1 is 1.17 bits per heavy atom. The fourth-order valence-corrected chi connectivity index (χ4v) is 4.93. The predicted octanol–water partition coefficient (Wildman–Crippen LogP) is 2.59. The van der Waals surface area contributed by atoms with Gasteiger partial charge in [0.05, 0.1) is 4.90 Å². The van der Waals surface area contributed by atoms with E-state index in [0.717, 1.165) is 5.56 Å². The van der Waals surface area contributed by atoms with Crippen LogP contribution in [0.2, 0.25) is 0 Å². The van der Waals surface area contributed by atoms with Crippen molar-refractivity contribution in [3.05, 3.63) is 65.7 Å². The molecule has 0 radical (unpaired) electrons. The van der Waals surface area contributed by atoms with E-state index in [4.69, 9.17) is 10.5 Å². The van der Waals surface area contributed by atoms with Crippen molar-refractivity contribution in [1.29, 1.82) is 0 Å². The number of thiazole rings is 1. The predicted molar refractivity (Wildman–Crippen MR) is 115 cm³/mol. The molecule has 1 aliphatic rings. The number of sulfonamides is 1. The largest absolute Gasteiger partial charge is 0.481 e. The maximum absolute atomic E-state index is 12.8. The first-order valence-corrected chi connectivity index (χ1v) is 11.6. The summed E-state index contributed by atoms with van der Waals surface area (Å²) in [6, 6.07) is 13.5. The highest BCUT2D eigenvalue weighted by Gasteiger charge is 2.34. The summed E-state index contributed by atoms with van der Waals surface area (Å²) in [7, 11) is -3.73. The molecule has 1 fully saturated rings. The molecule has 0 bridgehead atoms. The first-order chi connectivity index (χ1) is 14.5. The van der Waals surface area contributed by atoms with Crippen molar-refractivity contribution in [3.8, 4) is 5.75 Å². The molecule has 3 aromatic rings. The van der Waals surface area contributed by atoms with Crippen molar-refractivity contribution in [2.24, 2.45) is 5.73 Å². The van der Waals surface area contributed by atoms with Crippen LogP contribution in [0.5, 0.6) is 5.75 Å². The maximum atomic E-state index is 12.8. The van der Waals surface area contributed by atoms with Crippen molar-refractivity contribution < 1.29 is 17.9 Å². The van der Waals surface area contributed by atoms with Crippen LogP contribution in [0.1, 0.15) is 12.0 Å². The number of nitrogens with zero attached hydrogens (tertiary/aromatic N) is 2. The Balaban J connectivity index is 1.43. The zero-order valence-electron chi connectivity index (χ0n) is 15.9. The minimum atomic E-state index is -3.73. The van der Waals surface area contributed by atoms with Crippen LogP contribution >= 0.6 is 11.3 Å². The van der Waals surface area contributed by atoms with Crippen LogP contribution in [0.4, 0.5) is 10.8 Å². The van der Waals surface area contributed by atoms with E-state index in [-0.39, 0.29) is 10.8 Å². The zero-order valence-corrected chi connectivity index (χ0v) is 17.5. The summed E-state index contributed by atoms with van der Waals surface area (Å²) < 4.78 is 33.1. The lowest BCUT2D eigenvalue weighted by molar-refractivity contribution is -0.122. The van der Waals surface area contributed by atoms with Gasteiger partial charge in [0.1, 0.15) is 5.75 Å². The second-order valence-electron chi connectivity index (χ2n) is 6.67. The molecule has 0 aliphatic carbocycles. The van der Waals surface area contributed by atoms with Gasteiger partial charge in [0.2, 0.25) is 0 Å². The zero-order chi connectivity index (χ0) is 21.1. The number of carbonyl (C=O) groups is 1. The SMILES string of the molecule is NCc1ccc(OC2CCN(c3ccc(S(=O)(=O)Nc4nccs4)cc3)C2=O)cc1. The number of hydrogen-bond acceptors (Lipinski definition) is 7. The third kappa shape index (κ3) is 4.30. The summed E-state index contributed by atoms with van der Waals surface area (Å²) in [6.45, 7) is 0.940. The van der Waals surface area contributed by atoms with E-state index in [1.807, 2.05) is 12.1 Å². The fraction of sp³-hybridized carbons (Fsp3) is 0.200. The van der Waals surface area contributed by atoms with Crippen LogP contribution in [0, 0.1) is 0 Å². The van der Waals surface area contributed by atoms with E-state index < -0.39 is 16.1 Å². The topological polar surface area (TPSA) is 115 Å². The molecule has 1 aliphatic heterocycles. The van der Waals surface area contributed by atoms with Crippen LogP contribution in [0.25, 0.3) is 0 Å². The van der Waals surface area contributed by atoms with Crippen molar-refractivity contribution in [1.82, 2.24) is 4.98 Å². The van der Waals surface area contributed by atoms with Gasteiger partial charge in [0.25, 0.3) is 15.9 Å². The van der Waals surface area contributed by atoms with Gasteiger partial charge >= 0.3 is 0 Å². The second-order valence-corrected chi connectivity index (χ2v) is 9.25. The van der Waals surface area contributed by atoms with Gasteiger partial charge in [-0.2, -0.15) is 0 Å². The molecule has 2 heterocycles. The highest BCUT2D eigenvalue weighted by Crippen LogP contribution is 2.27. The Morgan fingerprint density at radius 2 is 1.90 bits per heavy atom. The summed E-state index contributed by atoms with van der Waals surface area (Å²) in [5.41, 5.74) is 7.20. The molecule has 1 unspecified atom stereocenters. The first-order valence-electron chi connectivity index (χ1n) is 9.26. The monoisotopic (exact) mass is 444 g/mol.